The number of alkyl carbamates (subject to hydrolysis) is 1. The largest absolute Gasteiger partial charge is 0.475 e. The maximum atomic E-state index is 12.2. The van der Waals surface area contributed by atoms with E-state index in [1.165, 1.54) is 17.0 Å². The Morgan fingerprint density at radius 3 is 2.49 bits per heavy atom. The fraction of sp³-hybridized carbons (Fsp3) is 0.333. The smallest absolute Gasteiger partial charge is 0.449 e. The topological polar surface area (TPSA) is 137 Å². The number of ether oxygens (including phenoxy) is 1. The highest BCUT2D eigenvalue weighted by Crippen LogP contribution is 2.25. The molecule has 0 aliphatic carbocycles. The van der Waals surface area contributed by atoms with Crippen molar-refractivity contribution >= 4 is 13.2 Å². The number of nitrogens with one attached hydrogen (secondary N) is 1. The van der Waals surface area contributed by atoms with Gasteiger partial charge in [-0.2, -0.15) is 5.26 Å². The van der Waals surface area contributed by atoms with Crippen molar-refractivity contribution in [2.45, 2.75) is 38.0 Å². The molecule has 1 heterocycles. The van der Waals surface area contributed by atoms with E-state index in [-0.39, 0.29) is 24.5 Å². The van der Waals surface area contributed by atoms with Crippen LogP contribution in [-0.2, 0) is 31.0 Å². The van der Waals surface area contributed by atoms with E-state index in [1.54, 1.807) is 7.05 Å². The average Bonchev–Trinajstić information content (AvgIpc) is 2.87. The third-order valence-corrected chi connectivity index (χ3v) is 6.16. The molecule has 1 amide bonds. The summed E-state index contributed by atoms with van der Waals surface area (Å²) in [6.07, 6.45) is 2.04. The van der Waals surface area contributed by atoms with Crippen molar-refractivity contribution in [3.05, 3.63) is 99.7 Å². The Morgan fingerprint density at radius 2 is 1.81 bits per heavy atom. The lowest BCUT2D eigenvalue weighted by Gasteiger charge is -2.18. The molecule has 10 heteroatoms. The SMILES string of the molecule is CC(Cc1cccc(CCOC(=O)N[C@@H](Cc2ccccc2)B(O)O)c1)C(C#N)c1cc(=O)n(C)cn1. The van der Waals surface area contributed by atoms with E-state index in [0.29, 0.717) is 18.5 Å². The second kappa shape index (κ2) is 13.4. The maximum Gasteiger partial charge on any atom is 0.475 e. The van der Waals surface area contributed by atoms with E-state index in [9.17, 15) is 24.9 Å². The predicted molar refractivity (Wildman–Crippen MR) is 139 cm³/mol. The minimum Gasteiger partial charge on any atom is -0.449 e. The number of nitrogens with zero attached hydrogens (tertiary/aromatic N) is 3. The number of rotatable bonds is 11. The van der Waals surface area contributed by atoms with Crippen molar-refractivity contribution in [2.75, 3.05) is 6.61 Å². The molecule has 0 bridgehead atoms. The Morgan fingerprint density at radius 1 is 1.11 bits per heavy atom. The van der Waals surface area contributed by atoms with Gasteiger partial charge in [0.1, 0.15) is 0 Å². The average molecular weight is 502 g/mol. The molecule has 3 atom stereocenters. The summed E-state index contributed by atoms with van der Waals surface area (Å²) in [6, 6.07) is 20.7. The van der Waals surface area contributed by atoms with E-state index in [4.69, 9.17) is 4.74 Å². The molecule has 0 saturated heterocycles. The van der Waals surface area contributed by atoms with E-state index in [0.717, 1.165) is 16.7 Å². The first-order valence-corrected chi connectivity index (χ1v) is 12.1. The first-order valence-electron chi connectivity index (χ1n) is 12.1. The fourth-order valence-electron chi connectivity index (χ4n) is 4.09. The Balaban J connectivity index is 1.52. The van der Waals surface area contributed by atoms with Crippen LogP contribution in [0.2, 0.25) is 0 Å². The van der Waals surface area contributed by atoms with Crippen molar-refractivity contribution in [1.29, 1.82) is 5.26 Å². The van der Waals surface area contributed by atoms with Crippen LogP contribution >= 0.6 is 0 Å². The van der Waals surface area contributed by atoms with Crippen LogP contribution < -0.4 is 10.9 Å². The van der Waals surface area contributed by atoms with Gasteiger partial charge in [0.2, 0.25) is 0 Å². The zero-order valence-corrected chi connectivity index (χ0v) is 20.9. The Hall–Kier alpha value is -3.94. The van der Waals surface area contributed by atoms with Crippen molar-refractivity contribution in [2.24, 2.45) is 13.0 Å². The Bertz CT molecular complexity index is 1280. The number of aryl methyl sites for hydroxylation is 1. The van der Waals surface area contributed by atoms with Gasteiger partial charge in [-0.25, -0.2) is 9.78 Å². The standard InChI is InChI=1S/C27H31BN4O5/c1-19(23(17-29)24-16-26(33)32(2)18-30-24)13-22-10-6-9-21(14-22)11-12-37-27(34)31-25(28(35)36)15-20-7-4-3-5-8-20/h3-10,14,16,18-19,23,25,35-36H,11-13,15H2,1-2H3,(H,31,34)/t19?,23?,25-/m0/s1. The lowest BCUT2D eigenvalue weighted by atomic mass is 9.76. The molecular weight excluding hydrogens is 471 g/mol. The van der Waals surface area contributed by atoms with E-state index in [2.05, 4.69) is 16.4 Å². The zero-order valence-electron chi connectivity index (χ0n) is 20.9. The molecule has 1 aromatic heterocycles. The number of benzene rings is 2. The number of aromatic nitrogens is 2. The van der Waals surface area contributed by atoms with Gasteiger partial charge in [0.05, 0.1) is 36.6 Å². The number of carbonyl (C=O) groups excluding carboxylic acids is 1. The van der Waals surface area contributed by atoms with E-state index in [1.807, 2.05) is 61.5 Å². The van der Waals surface area contributed by atoms with Gasteiger partial charge in [0, 0.05) is 19.5 Å². The van der Waals surface area contributed by atoms with Gasteiger partial charge in [-0.3, -0.25) is 4.79 Å². The van der Waals surface area contributed by atoms with Crippen LogP contribution in [0.15, 0.2) is 71.8 Å². The van der Waals surface area contributed by atoms with Crippen LogP contribution in [0.1, 0.15) is 35.2 Å². The van der Waals surface area contributed by atoms with Crippen LogP contribution in [0, 0.1) is 17.2 Å². The van der Waals surface area contributed by atoms with Crippen molar-refractivity contribution in [3.8, 4) is 6.07 Å². The molecule has 3 rings (SSSR count). The van der Waals surface area contributed by atoms with Gasteiger partial charge in [-0.1, -0.05) is 61.5 Å². The molecule has 37 heavy (non-hydrogen) atoms. The summed E-state index contributed by atoms with van der Waals surface area (Å²) in [5, 5.41) is 31.5. The quantitative estimate of drug-likeness (QED) is 0.342. The summed E-state index contributed by atoms with van der Waals surface area (Å²) in [5.41, 5.74) is 3.09. The number of hydrogen-bond acceptors (Lipinski definition) is 7. The lowest BCUT2D eigenvalue weighted by Crippen LogP contribution is -2.48. The van der Waals surface area contributed by atoms with Gasteiger partial charge in [-0.15, -0.1) is 0 Å². The summed E-state index contributed by atoms with van der Waals surface area (Å²) >= 11 is 0. The van der Waals surface area contributed by atoms with Crippen molar-refractivity contribution in [1.82, 2.24) is 14.9 Å². The molecule has 3 aromatic rings. The summed E-state index contributed by atoms with van der Waals surface area (Å²) < 4.78 is 6.63. The third-order valence-electron chi connectivity index (χ3n) is 6.16. The van der Waals surface area contributed by atoms with Gasteiger partial charge in [0.15, 0.2) is 0 Å². The first-order chi connectivity index (χ1) is 17.8. The van der Waals surface area contributed by atoms with Crippen molar-refractivity contribution in [3.63, 3.8) is 0 Å². The first kappa shape index (κ1) is 27.6. The lowest BCUT2D eigenvalue weighted by molar-refractivity contribution is 0.144. The molecule has 0 aliphatic rings. The molecule has 0 radical (unpaired) electrons. The Labute approximate surface area is 216 Å². The minimum absolute atomic E-state index is 0.0756. The summed E-state index contributed by atoms with van der Waals surface area (Å²) in [6.45, 7) is 2.07. The highest BCUT2D eigenvalue weighted by molar-refractivity contribution is 6.43. The molecule has 0 aliphatic heterocycles. The molecule has 3 N–H and O–H groups in total. The van der Waals surface area contributed by atoms with E-state index >= 15 is 0 Å². The summed E-state index contributed by atoms with van der Waals surface area (Å²) in [7, 11) is -0.111. The second-order valence-corrected chi connectivity index (χ2v) is 9.11. The molecule has 192 valence electrons. The summed E-state index contributed by atoms with van der Waals surface area (Å²) in [5.74, 6) is -1.49. The number of hydrogen-bond donors (Lipinski definition) is 3. The Kier molecular flexibility index (Phi) is 10.0. The third kappa shape index (κ3) is 8.31. The molecule has 0 saturated carbocycles. The van der Waals surface area contributed by atoms with Crippen LogP contribution in [0.5, 0.6) is 0 Å². The normalized spacial score (nSPS) is 13.2. The molecular formula is C27H31BN4O5. The molecule has 9 nitrogen and oxygen atoms in total. The number of amides is 1. The minimum atomic E-state index is -1.72. The van der Waals surface area contributed by atoms with Crippen LogP contribution in [0.3, 0.4) is 0 Å². The molecule has 2 unspecified atom stereocenters. The second-order valence-electron chi connectivity index (χ2n) is 9.11. The molecule has 2 aromatic carbocycles. The highest BCUT2D eigenvalue weighted by atomic mass is 16.5. The highest BCUT2D eigenvalue weighted by Gasteiger charge is 2.26. The maximum absolute atomic E-state index is 12.2. The van der Waals surface area contributed by atoms with Gasteiger partial charge in [-0.05, 0) is 35.4 Å². The van der Waals surface area contributed by atoms with Gasteiger partial charge in [0.25, 0.3) is 5.56 Å². The number of carbonyl (C=O) groups is 1. The monoisotopic (exact) mass is 502 g/mol. The zero-order chi connectivity index (χ0) is 26.8. The summed E-state index contributed by atoms with van der Waals surface area (Å²) in [4.78, 5) is 28.4. The van der Waals surface area contributed by atoms with Crippen LogP contribution in [0.4, 0.5) is 4.79 Å². The van der Waals surface area contributed by atoms with Crippen LogP contribution in [0.25, 0.3) is 0 Å². The van der Waals surface area contributed by atoms with Gasteiger partial charge >= 0.3 is 13.2 Å². The number of nitriles is 1. The van der Waals surface area contributed by atoms with Gasteiger partial charge < -0.3 is 24.7 Å². The molecule has 0 spiro atoms. The predicted octanol–water partition coefficient (Wildman–Crippen LogP) is 2.16. The fourth-order valence-corrected chi connectivity index (χ4v) is 4.09. The van der Waals surface area contributed by atoms with E-state index < -0.39 is 25.1 Å². The molecule has 0 fully saturated rings. The van der Waals surface area contributed by atoms with Crippen molar-refractivity contribution < 1.29 is 19.6 Å². The van der Waals surface area contributed by atoms with Crippen LogP contribution in [-0.4, -0.2) is 45.4 Å².